The van der Waals surface area contributed by atoms with Gasteiger partial charge < -0.3 is 24.3 Å². The maximum Gasteiger partial charge on any atom is 0.231 e. The molecule has 2 heterocycles. The van der Waals surface area contributed by atoms with Gasteiger partial charge in [0.15, 0.2) is 11.5 Å². The molecule has 2 aromatic carbocycles. The minimum Gasteiger partial charge on any atom is -0.497 e. The zero-order valence-electron chi connectivity index (χ0n) is 16.6. The number of benzene rings is 2. The van der Waals surface area contributed by atoms with E-state index in [9.17, 15) is 0 Å². The second-order valence-electron chi connectivity index (χ2n) is 7.20. The van der Waals surface area contributed by atoms with Crippen molar-refractivity contribution in [2.45, 2.75) is 25.4 Å². The van der Waals surface area contributed by atoms with Gasteiger partial charge in [-0.05, 0) is 61.3 Å². The Balaban J connectivity index is 1.46. The molecule has 2 aliphatic rings. The maximum absolute atomic E-state index is 5.53. The first-order chi connectivity index (χ1) is 13.8. The van der Waals surface area contributed by atoms with Crippen LogP contribution in [0.1, 0.15) is 30.0 Å². The molecule has 6 heteroatoms. The molecule has 0 aromatic heterocycles. The molecule has 150 valence electrons. The smallest absolute Gasteiger partial charge is 0.231 e. The second kappa shape index (κ2) is 8.71. The lowest BCUT2D eigenvalue weighted by Crippen LogP contribution is -2.34. The summed E-state index contributed by atoms with van der Waals surface area (Å²) in [5.41, 5.74) is 2.41. The van der Waals surface area contributed by atoms with Crippen LogP contribution < -0.4 is 24.3 Å². The van der Waals surface area contributed by atoms with Crippen LogP contribution in [-0.2, 0) is 6.54 Å². The number of hydrogen-bond acceptors (Lipinski definition) is 6. The van der Waals surface area contributed by atoms with Gasteiger partial charge in [0.2, 0.25) is 12.5 Å². The molecular weight excluding hydrogens is 356 g/mol. The van der Waals surface area contributed by atoms with Gasteiger partial charge in [-0.15, -0.1) is 0 Å². The summed E-state index contributed by atoms with van der Waals surface area (Å²) in [5.74, 6) is 3.07. The Labute approximate surface area is 166 Å². The van der Waals surface area contributed by atoms with E-state index in [0.717, 1.165) is 49.0 Å². The highest BCUT2D eigenvalue weighted by Crippen LogP contribution is 2.41. The van der Waals surface area contributed by atoms with E-state index in [4.69, 9.17) is 18.9 Å². The summed E-state index contributed by atoms with van der Waals surface area (Å²) >= 11 is 0. The molecule has 0 radical (unpaired) electrons. The van der Waals surface area contributed by atoms with Crippen LogP contribution in [0.3, 0.4) is 0 Å². The Bertz CT molecular complexity index is 805. The number of nitrogens with one attached hydrogen (secondary N) is 1. The van der Waals surface area contributed by atoms with Crippen molar-refractivity contribution in [2.24, 2.45) is 0 Å². The van der Waals surface area contributed by atoms with Crippen molar-refractivity contribution in [3.63, 3.8) is 0 Å². The summed E-state index contributed by atoms with van der Waals surface area (Å²) in [7, 11) is 3.37. The van der Waals surface area contributed by atoms with Crippen LogP contribution >= 0.6 is 0 Å². The van der Waals surface area contributed by atoms with Gasteiger partial charge in [0.05, 0.1) is 14.2 Å². The Morgan fingerprint density at radius 1 is 1.07 bits per heavy atom. The lowest BCUT2D eigenvalue weighted by molar-refractivity contribution is 0.171. The van der Waals surface area contributed by atoms with Gasteiger partial charge in [-0.2, -0.15) is 0 Å². The standard InChI is InChI=1S/C22H28N2O4/c1-25-18-7-5-6-17(12-18)19(24-8-3-4-9-24)14-23-13-16-10-20(26-2)22-21(11-16)27-15-28-22/h5-7,10-12,19,23H,3-4,8-9,13-15H2,1-2H3. The fourth-order valence-corrected chi connectivity index (χ4v) is 4.00. The maximum atomic E-state index is 5.53. The summed E-state index contributed by atoms with van der Waals surface area (Å²) in [6.45, 7) is 4.13. The van der Waals surface area contributed by atoms with Crippen molar-refractivity contribution in [3.8, 4) is 23.0 Å². The fourth-order valence-electron chi connectivity index (χ4n) is 4.00. The highest BCUT2D eigenvalue weighted by atomic mass is 16.7. The minimum absolute atomic E-state index is 0.245. The topological polar surface area (TPSA) is 52.2 Å². The number of fused-ring (bicyclic) bond motifs is 1. The number of likely N-dealkylation sites (tertiary alicyclic amines) is 1. The van der Waals surface area contributed by atoms with Crippen molar-refractivity contribution in [2.75, 3.05) is 40.6 Å². The first kappa shape index (κ1) is 18.9. The minimum atomic E-state index is 0.245. The Morgan fingerprint density at radius 3 is 2.71 bits per heavy atom. The van der Waals surface area contributed by atoms with E-state index < -0.39 is 0 Å². The van der Waals surface area contributed by atoms with Crippen LogP contribution in [0, 0.1) is 0 Å². The van der Waals surface area contributed by atoms with Gasteiger partial charge >= 0.3 is 0 Å². The number of hydrogen-bond donors (Lipinski definition) is 1. The summed E-state index contributed by atoms with van der Waals surface area (Å²) in [6.07, 6.45) is 2.53. The molecule has 0 saturated carbocycles. The monoisotopic (exact) mass is 384 g/mol. The third kappa shape index (κ3) is 4.03. The first-order valence-electron chi connectivity index (χ1n) is 9.83. The Morgan fingerprint density at radius 2 is 1.93 bits per heavy atom. The zero-order valence-corrected chi connectivity index (χ0v) is 16.6. The highest BCUT2D eigenvalue weighted by molar-refractivity contribution is 5.55. The predicted molar refractivity (Wildman–Crippen MR) is 107 cm³/mol. The van der Waals surface area contributed by atoms with Crippen molar-refractivity contribution in [1.82, 2.24) is 10.2 Å². The molecule has 0 spiro atoms. The molecule has 0 aliphatic carbocycles. The molecule has 1 N–H and O–H groups in total. The molecule has 2 aliphatic heterocycles. The van der Waals surface area contributed by atoms with Crippen LogP contribution in [0.4, 0.5) is 0 Å². The summed E-state index contributed by atoms with van der Waals surface area (Å²) in [5, 5.41) is 3.62. The van der Waals surface area contributed by atoms with Crippen LogP contribution in [0.25, 0.3) is 0 Å². The average molecular weight is 384 g/mol. The van der Waals surface area contributed by atoms with E-state index in [1.807, 2.05) is 18.2 Å². The molecular formula is C22H28N2O4. The molecule has 28 heavy (non-hydrogen) atoms. The first-order valence-corrected chi connectivity index (χ1v) is 9.83. The van der Waals surface area contributed by atoms with E-state index in [0.29, 0.717) is 11.8 Å². The summed E-state index contributed by atoms with van der Waals surface area (Å²) in [4.78, 5) is 2.56. The molecule has 0 amide bonds. The third-order valence-corrected chi connectivity index (χ3v) is 5.44. The Hall–Kier alpha value is -2.44. The van der Waals surface area contributed by atoms with E-state index in [1.165, 1.54) is 18.4 Å². The van der Waals surface area contributed by atoms with Crippen LogP contribution in [0.15, 0.2) is 36.4 Å². The van der Waals surface area contributed by atoms with Gasteiger partial charge in [-0.3, -0.25) is 4.90 Å². The van der Waals surface area contributed by atoms with Crippen LogP contribution in [0.2, 0.25) is 0 Å². The van der Waals surface area contributed by atoms with Crippen molar-refractivity contribution >= 4 is 0 Å². The third-order valence-electron chi connectivity index (χ3n) is 5.44. The van der Waals surface area contributed by atoms with E-state index in [-0.39, 0.29) is 6.79 Å². The molecule has 1 unspecified atom stereocenters. The SMILES string of the molecule is COc1cccc(C(CNCc2cc(OC)c3c(c2)OCO3)N2CCCC2)c1. The summed E-state index contributed by atoms with van der Waals surface area (Å²) < 4.78 is 21.9. The molecule has 2 aromatic rings. The number of ether oxygens (including phenoxy) is 4. The van der Waals surface area contributed by atoms with Crippen LogP contribution in [-0.4, -0.2) is 45.5 Å². The second-order valence-corrected chi connectivity index (χ2v) is 7.20. The Kier molecular flexibility index (Phi) is 5.88. The van der Waals surface area contributed by atoms with E-state index in [2.05, 4.69) is 28.4 Å². The van der Waals surface area contributed by atoms with E-state index >= 15 is 0 Å². The molecule has 1 saturated heterocycles. The number of methoxy groups -OCH3 is 2. The van der Waals surface area contributed by atoms with Gasteiger partial charge in [0.1, 0.15) is 5.75 Å². The number of nitrogens with zero attached hydrogens (tertiary/aromatic N) is 1. The highest BCUT2D eigenvalue weighted by Gasteiger charge is 2.24. The van der Waals surface area contributed by atoms with Gasteiger partial charge in [0.25, 0.3) is 0 Å². The van der Waals surface area contributed by atoms with E-state index in [1.54, 1.807) is 14.2 Å². The largest absolute Gasteiger partial charge is 0.497 e. The average Bonchev–Trinajstić information content (AvgIpc) is 3.42. The normalized spacial score (nSPS) is 16.9. The van der Waals surface area contributed by atoms with Crippen molar-refractivity contribution < 1.29 is 18.9 Å². The van der Waals surface area contributed by atoms with Gasteiger partial charge in [-0.1, -0.05) is 12.1 Å². The molecule has 6 nitrogen and oxygen atoms in total. The molecule has 1 atom stereocenters. The van der Waals surface area contributed by atoms with Gasteiger partial charge in [-0.25, -0.2) is 0 Å². The predicted octanol–water partition coefficient (Wildman–Crippen LogP) is 3.36. The molecule has 1 fully saturated rings. The van der Waals surface area contributed by atoms with Crippen LogP contribution in [0.5, 0.6) is 23.0 Å². The molecule has 0 bridgehead atoms. The molecule has 4 rings (SSSR count). The lowest BCUT2D eigenvalue weighted by atomic mass is 10.0. The fraction of sp³-hybridized carbons (Fsp3) is 0.455. The quantitative estimate of drug-likeness (QED) is 0.753. The zero-order chi connectivity index (χ0) is 19.3. The van der Waals surface area contributed by atoms with Crippen molar-refractivity contribution in [3.05, 3.63) is 47.5 Å². The summed E-state index contributed by atoms with van der Waals surface area (Å²) in [6, 6.07) is 12.8. The number of rotatable bonds is 8. The van der Waals surface area contributed by atoms with Crippen molar-refractivity contribution in [1.29, 1.82) is 0 Å². The van der Waals surface area contributed by atoms with Gasteiger partial charge in [0, 0.05) is 19.1 Å². The lowest BCUT2D eigenvalue weighted by Gasteiger charge is -2.28.